The number of hydrogen-bond acceptors (Lipinski definition) is 5. The van der Waals surface area contributed by atoms with Crippen LogP contribution in [0, 0.1) is 0 Å². The lowest BCUT2D eigenvalue weighted by Crippen LogP contribution is -2.12. The first-order valence-electron chi connectivity index (χ1n) is 7.19. The Hall–Kier alpha value is -2.42. The summed E-state index contributed by atoms with van der Waals surface area (Å²) in [6.45, 7) is 1.45. The number of aromatic nitrogens is 2. The topological polar surface area (TPSA) is 72.0 Å². The predicted octanol–water partition coefficient (Wildman–Crippen LogP) is 3.82. The highest BCUT2D eigenvalue weighted by atomic mass is 32.2. The molecule has 1 heterocycles. The fourth-order valence-corrected chi connectivity index (χ4v) is 2.58. The minimum atomic E-state index is -4.53. The van der Waals surface area contributed by atoms with Crippen LogP contribution in [-0.2, 0) is 11.0 Å². The van der Waals surface area contributed by atoms with Gasteiger partial charge >= 0.3 is 6.18 Å². The van der Waals surface area contributed by atoms with Gasteiger partial charge in [-0.15, -0.1) is 0 Å². The number of nitrogens with one attached hydrogen (secondary N) is 1. The number of Topliss-reactive ketones (excluding diaryl/α,β-unsaturated/α-hetero) is 1. The Morgan fingerprint density at radius 2 is 1.84 bits per heavy atom. The van der Waals surface area contributed by atoms with Gasteiger partial charge in [-0.3, -0.25) is 9.59 Å². The number of rotatable bonds is 6. The second-order valence-electron chi connectivity index (χ2n) is 5.00. The third-order valence-corrected chi connectivity index (χ3v) is 3.92. The molecule has 1 aromatic carbocycles. The molecule has 0 aliphatic carbocycles. The minimum Gasteiger partial charge on any atom is -0.326 e. The zero-order valence-corrected chi connectivity index (χ0v) is 13.9. The molecule has 0 atom stereocenters. The Kier molecular flexibility index (Phi) is 6.13. The minimum absolute atomic E-state index is 0.0339. The molecule has 2 rings (SSSR count). The number of anilines is 1. The molecule has 0 aliphatic rings. The average molecular weight is 369 g/mol. The van der Waals surface area contributed by atoms with Crippen LogP contribution in [0.2, 0.25) is 0 Å². The highest BCUT2D eigenvalue weighted by molar-refractivity contribution is 7.99. The maximum Gasteiger partial charge on any atom is 0.433 e. The van der Waals surface area contributed by atoms with E-state index in [0.29, 0.717) is 11.3 Å². The van der Waals surface area contributed by atoms with Crippen molar-refractivity contribution in [2.75, 3.05) is 11.1 Å². The summed E-state index contributed by atoms with van der Waals surface area (Å²) in [6, 6.07) is 7.21. The van der Waals surface area contributed by atoms with Crippen molar-refractivity contribution in [1.82, 2.24) is 9.97 Å². The molecule has 0 fully saturated rings. The Bertz CT molecular complexity index is 764. The van der Waals surface area contributed by atoms with Gasteiger partial charge in [0.1, 0.15) is 5.69 Å². The molecule has 0 unspecified atom stereocenters. The Morgan fingerprint density at radius 1 is 1.16 bits per heavy atom. The lowest BCUT2D eigenvalue weighted by Gasteiger charge is -2.07. The standard InChI is InChI=1S/C16H14F3N3O2S/c1-10(23)11-2-4-12(5-3-11)21-14(24)7-9-25-15-20-8-6-13(22-15)16(17,18)19/h2-6,8H,7,9H2,1H3,(H,21,24). The molecule has 25 heavy (non-hydrogen) atoms. The van der Waals surface area contributed by atoms with E-state index in [1.54, 1.807) is 24.3 Å². The number of alkyl halides is 3. The zero-order chi connectivity index (χ0) is 18.4. The van der Waals surface area contributed by atoms with Crippen molar-refractivity contribution >= 4 is 29.1 Å². The number of carbonyl (C=O) groups is 2. The summed E-state index contributed by atoms with van der Waals surface area (Å²) >= 11 is 0.968. The number of halogens is 3. The second-order valence-corrected chi connectivity index (χ2v) is 6.06. The van der Waals surface area contributed by atoms with Gasteiger partial charge in [-0.1, -0.05) is 11.8 Å². The molecule has 1 N–H and O–H groups in total. The van der Waals surface area contributed by atoms with Gasteiger partial charge in [0.15, 0.2) is 10.9 Å². The number of nitrogens with zero attached hydrogens (tertiary/aromatic N) is 2. The molecule has 0 saturated heterocycles. The maximum absolute atomic E-state index is 12.6. The van der Waals surface area contributed by atoms with Crippen LogP contribution < -0.4 is 5.32 Å². The van der Waals surface area contributed by atoms with Crippen LogP contribution >= 0.6 is 11.8 Å². The van der Waals surface area contributed by atoms with Gasteiger partial charge in [-0.2, -0.15) is 13.2 Å². The van der Waals surface area contributed by atoms with E-state index in [-0.39, 0.29) is 29.0 Å². The third-order valence-electron chi connectivity index (χ3n) is 3.06. The van der Waals surface area contributed by atoms with Crippen molar-refractivity contribution < 1.29 is 22.8 Å². The first kappa shape index (κ1) is 18.9. The molecule has 0 saturated carbocycles. The summed E-state index contributed by atoms with van der Waals surface area (Å²) in [7, 11) is 0. The van der Waals surface area contributed by atoms with Crippen LogP contribution in [0.3, 0.4) is 0 Å². The van der Waals surface area contributed by atoms with Crippen molar-refractivity contribution in [3.05, 3.63) is 47.8 Å². The predicted molar refractivity (Wildman–Crippen MR) is 87.5 cm³/mol. The van der Waals surface area contributed by atoms with Gasteiger partial charge in [-0.05, 0) is 37.3 Å². The summed E-state index contributed by atoms with van der Waals surface area (Å²) < 4.78 is 37.7. The highest BCUT2D eigenvalue weighted by Gasteiger charge is 2.32. The van der Waals surface area contributed by atoms with Gasteiger partial charge < -0.3 is 5.32 Å². The fraction of sp³-hybridized carbons (Fsp3) is 0.250. The Balaban J connectivity index is 1.83. The molecule has 2 aromatic rings. The van der Waals surface area contributed by atoms with Crippen molar-refractivity contribution in [3.63, 3.8) is 0 Å². The number of carbonyl (C=O) groups excluding carboxylic acids is 2. The molecular formula is C16H14F3N3O2S. The van der Waals surface area contributed by atoms with Gasteiger partial charge in [0.2, 0.25) is 5.91 Å². The summed E-state index contributed by atoms with van der Waals surface area (Å²) in [5, 5.41) is 2.61. The average Bonchev–Trinajstić information content (AvgIpc) is 2.55. The number of amides is 1. The van der Waals surface area contributed by atoms with Crippen LogP contribution in [-0.4, -0.2) is 27.4 Å². The first-order valence-corrected chi connectivity index (χ1v) is 8.18. The summed E-state index contributed by atoms with van der Waals surface area (Å²) in [6.07, 6.45) is -3.41. The molecule has 0 aliphatic heterocycles. The van der Waals surface area contributed by atoms with Gasteiger partial charge in [0.25, 0.3) is 0 Å². The number of ketones is 1. The zero-order valence-electron chi connectivity index (χ0n) is 13.1. The normalized spacial score (nSPS) is 11.2. The first-order chi connectivity index (χ1) is 11.8. The van der Waals surface area contributed by atoms with E-state index < -0.39 is 11.9 Å². The van der Waals surface area contributed by atoms with Gasteiger partial charge in [0, 0.05) is 29.6 Å². The van der Waals surface area contributed by atoms with Crippen molar-refractivity contribution in [1.29, 1.82) is 0 Å². The van der Waals surface area contributed by atoms with Crippen molar-refractivity contribution in [2.45, 2.75) is 24.7 Å². The fourth-order valence-electron chi connectivity index (χ4n) is 1.82. The quantitative estimate of drug-likeness (QED) is 0.476. The Morgan fingerprint density at radius 3 is 2.44 bits per heavy atom. The lowest BCUT2D eigenvalue weighted by atomic mass is 10.1. The van der Waals surface area contributed by atoms with E-state index in [1.165, 1.54) is 6.92 Å². The van der Waals surface area contributed by atoms with Crippen molar-refractivity contribution in [2.24, 2.45) is 0 Å². The van der Waals surface area contributed by atoms with Crippen LogP contribution in [0.4, 0.5) is 18.9 Å². The van der Waals surface area contributed by atoms with E-state index in [9.17, 15) is 22.8 Å². The van der Waals surface area contributed by atoms with Crippen LogP contribution in [0.1, 0.15) is 29.4 Å². The molecular weight excluding hydrogens is 355 g/mol. The smallest absolute Gasteiger partial charge is 0.326 e. The number of thioether (sulfide) groups is 1. The summed E-state index contributed by atoms with van der Waals surface area (Å²) in [5.41, 5.74) is 0.0607. The molecule has 1 amide bonds. The van der Waals surface area contributed by atoms with E-state index in [2.05, 4.69) is 15.3 Å². The highest BCUT2D eigenvalue weighted by Crippen LogP contribution is 2.28. The molecule has 132 valence electrons. The summed E-state index contributed by atoms with van der Waals surface area (Å²) in [4.78, 5) is 30.2. The number of hydrogen-bond donors (Lipinski definition) is 1. The van der Waals surface area contributed by atoms with Crippen LogP contribution in [0.5, 0.6) is 0 Å². The second kappa shape index (κ2) is 8.11. The molecule has 1 aromatic heterocycles. The molecule has 0 radical (unpaired) electrons. The molecule has 0 spiro atoms. The molecule has 9 heteroatoms. The van der Waals surface area contributed by atoms with E-state index in [1.807, 2.05) is 0 Å². The molecule has 0 bridgehead atoms. The summed E-state index contributed by atoms with van der Waals surface area (Å²) in [5.74, 6) is -0.135. The third kappa shape index (κ3) is 5.86. The maximum atomic E-state index is 12.6. The lowest BCUT2D eigenvalue weighted by molar-refractivity contribution is -0.141. The largest absolute Gasteiger partial charge is 0.433 e. The van der Waals surface area contributed by atoms with Crippen molar-refractivity contribution in [3.8, 4) is 0 Å². The van der Waals surface area contributed by atoms with E-state index in [0.717, 1.165) is 24.0 Å². The van der Waals surface area contributed by atoms with E-state index >= 15 is 0 Å². The van der Waals surface area contributed by atoms with E-state index in [4.69, 9.17) is 0 Å². The van der Waals surface area contributed by atoms with Crippen LogP contribution in [0.15, 0.2) is 41.7 Å². The monoisotopic (exact) mass is 369 g/mol. The SMILES string of the molecule is CC(=O)c1ccc(NC(=O)CCSc2nccc(C(F)(F)F)n2)cc1. The molecule has 5 nitrogen and oxygen atoms in total. The Labute approximate surface area is 146 Å². The van der Waals surface area contributed by atoms with Crippen LogP contribution in [0.25, 0.3) is 0 Å². The van der Waals surface area contributed by atoms with Gasteiger partial charge in [0.05, 0.1) is 0 Å². The number of benzene rings is 1. The van der Waals surface area contributed by atoms with Gasteiger partial charge in [-0.25, -0.2) is 9.97 Å².